The smallest absolute Gasteiger partial charge is 0.314 e. The second-order valence-electron chi connectivity index (χ2n) is 8.26. The number of ether oxygens (including phenoxy) is 3. The molecule has 3 aliphatic heterocycles. The van der Waals surface area contributed by atoms with E-state index in [4.69, 9.17) is 14.2 Å². The van der Waals surface area contributed by atoms with Crippen molar-refractivity contribution in [1.29, 1.82) is 0 Å². The Labute approximate surface area is 186 Å². The lowest BCUT2D eigenvalue weighted by Gasteiger charge is -2.23. The van der Waals surface area contributed by atoms with Gasteiger partial charge in [0.2, 0.25) is 12.7 Å². The summed E-state index contributed by atoms with van der Waals surface area (Å²) in [6.45, 7) is 3.89. The summed E-state index contributed by atoms with van der Waals surface area (Å²) < 4.78 is 17.0. The minimum absolute atomic E-state index is 0.0542. The van der Waals surface area contributed by atoms with Gasteiger partial charge in [-0.25, -0.2) is 4.79 Å². The Balaban J connectivity index is 1.35. The van der Waals surface area contributed by atoms with Crippen molar-refractivity contribution >= 4 is 17.6 Å². The maximum absolute atomic E-state index is 13.8. The van der Waals surface area contributed by atoms with E-state index in [1.165, 1.54) is 0 Å². The van der Waals surface area contributed by atoms with Crippen molar-refractivity contribution in [1.82, 2.24) is 10.6 Å². The SMILES string of the molecule is CCCCCNC(=O)NCCN1C(=O)C2(COc3cc4c(cc32)OCO4)c2ccccc21. The van der Waals surface area contributed by atoms with Crippen LogP contribution in [0, 0.1) is 0 Å². The van der Waals surface area contributed by atoms with Gasteiger partial charge in [0.05, 0.1) is 0 Å². The zero-order valence-corrected chi connectivity index (χ0v) is 18.1. The Morgan fingerprint density at radius 3 is 2.62 bits per heavy atom. The lowest BCUT2D eigenvalue weighted by molar-refractivity contribution is -0.122. The number of benzene rings is 2. The van der Waals surface area contributed by atoms with E-state index in [0.29, 0.717) is 36.9 Å². The number of carbonyl (C=O) groups is 2. The van der Waals surface area contributed by atoms with Crippen LogP contribution in [0.1, 0.15) is 37.3 Å². The molecule has 1 spiro atoms. The molecule has 0 saturated heterocycles. The molecule has 0 bridgehead atoms. The van der Waals surface area contributed by atoms with Crippen molar-refractivity contribution in [3.05, 3.63) is 47.5 Å². The zero-order valence-electron chi connectivity index (χ0n) is 18.1. The number of anilines is 1. The number of rotatable bonds is 7. The topological polar surface area (TPSA) is 89.1 Å². The summed E-state index contributed by atoms with van der Waals surface area (Å²) in [6, 6.07) is 11.2. The van der Waals surface area contributed by atoms with Crippen molar-refractivity contribution in [2.24, 2.45) is 0 Å². The highest BCUT2D eigenvalue weighted by atomic mass is 16.7. The highest BCUT2D eigenvalue weighted by Crippen LogP contribution is 2.54. The average molecular weight is 437 g/mol. The molecule has 0 fully saturated rings. The standard InChI is InChI=1S/C24H27N3O5/c1-2-3-6-9-25-23(29)26-10-11-27-18-8-5-4-7-16(18)24(22(27)28)14-30-19-13-21-20(12-17(19)24)31-15-32-21/h4-5,7-8,12-13H,2-3,6,9-11,14-15H2,1H3,(H2,25,26,29). The van der Waals surface area contributed by atoms with E-state index in [-0.39, 0.29) is 25.3 Å². The Bertz CT molecular complexity index is 1060. The van der Waals surface area contributed by atoms with Crippen LogP contribution in [0.5, 0.6) is 17.2 Å². The molecule has 3 amide bonds. The van der Waals surface area contributed by atoms with Gasteiger partial charge in [-0.05, 0) is 24.1 Å². The molecule has 2 aromatic rings. The maximum atomic E-state index is 13.8. The van der Waals surface area contributed by atoms with Crippen LogP contribution >= 0.6 is 0 Å². The first kappa shape index (κ1) is 20.5. The largest absolute Gasteiger partial charge is 0.491 e. The van der Waals surface area contributed by atoms with Gasteiger partial charge in [-0.1, -0.05) is 38.0 Å². The predicted molar refractivity (Wildman–Crippen MR) is 119 cm³/mol. The Hall–Kier alpha value is -3.42. The highest BCUT2D eigenvalue weighted by molar-refractivity contribution is 6.11. The number of hydrogen-bond donors (Lipinski definition) is 2. The molecule has 2 aromatic carbocycles. The van der Waals surface area contributed by atoms with Crippen molar-refractivity contribution in [2.45, 2.75) is 31.6 Å². The van der Waals surface area contributed by atoms with Gasteiger partial charge >= 0.3 is 6.03 Å². The summed E-state index contributed by atoms with van der Waals surface area (Å²) in [5.74, 6) is 1.84. The van der Waals surface area contributed by atoms with Gasteiger partial charge in [0.15, 0.2) is 11.5 Å². The van der Waals surface area contributed by atoms with E-state index >= 15 is 0 Å². The second-order valence-corrected chi connectivity index (χ2v) is 8.26. The van der Waals surface area contributed by atoms with Crippen LogP contribution in [0.4, 0.5) is 10.5 Å². The minimum Gasteiger partial charge on any atom is -0.491 e. The Kier molecular flexibility index (Phi) is 5.28. The molecule has 0 aromatic heterocycles. The van der Waals surface area contributed by atoms with Gasteiger partial charge in [-0.3, -0.25) is 4.79 Å². The normalized spacial score (nSPS) is 19.7. The summed E-state index contributed by atoms with van der Waals surface area (Å²) >= 11 is 0. The number of unbranched alkanes of at least 4 members (excludes halogenated alkanes) is 2. The van der Waals surface area contributed by atoms with Crippen molar-refractivity contribution in [2.75, 3.05) is 37.9 Å². The number of urea groups is 1. The molecule has 3 heterocycles. The molecule has 2 N–H and O–H groups in total. The number of hydrogen-bond acceptors (Lipinski definition) is 5. The van der Waals surface area contributed by atoms with E-state index in [2.05, 4.69) is 17.6 Å². The van der Waals surface area contributed by atoms with E-state index in [1.807, 2.05) is 30.3 Å². The van der Waals surface area contributed by atoms with E-state index in [1.54, 1.807) is 11.0 Å². The Morgan fingerprint density at radius 2 is 1.78 bits per heavy atom. The van der Waals surface area contributed by atoms with Crippen LogP contribution in [0.3, 0.4) is 0 Å². The molecule has 32 heavy (non-hydrogen) atoms. The number of para-hydroxylation sites is 1. The monoisotopic (exact) mass is 437 g/mol. The third-order valence-electron chi connectivity index (χ3n) is 6.33. The summed E-state index contributed by atoms with van der Waals surface area (Å²) in [7, 11) is 0. The molecule has 0 aliphatic carbocycles. The van der Waals surface area contributed by atoms with Gasteiger partial charge in [0.25, 0.3) is 0 Å². The number of nitrogens with one attached hydrogen (secondary N) is 2. The fraction of sp³-hybridized carbons (Fsp3) is 0.417. The predicted octanol–water partition coefficient (Wildman–Crippen LogP) is 2.93. The van der Waals surface area contributed by atoms with Gasteiger partial charge in [-0.2, -0.15) is 0 Å². The first-order valence-electron chi connectivity index (χ1n) is 11.1. The van der Waals surface area contributed by atoms with Crippen LogP contribution in [0.2, 0.25) is 0 Å². The van der Waals surface area contributed by atoms with Crippen molar-refractivity contribution in [3.63, 3.8) is 0 Å². The molecule has 1 atom stereocenters. The lowest BCUT2D eigenvalue weighted by Crippen LogP contribution is -2.46. The minimum atomic E-state index is -0.921. The summed E-state index contributed by atoms with van der Waals surface area (Å²) in [5, 5.41) is 5.72. The third kappa shape index (κ3) is 3.21. The quantitative estimate of drug-likeness (QED) is 0.651. The highest BCUT2D eigenvalue weighted by Gasteiger charge is 2.57. The molecule has 8 heteroatoms. The molecular formula is C24H27N3O5. The second kappa shape index (κ2) is 8.26. The molecule has 168 valence electrons. The number of fused-ring (bicyclic) bond motifs is 5. The molecule has 3 aliphatic rings. The summed E-state index contributed by atoms with van der Waals surface area (Å²) in [4.78, 5) is 27.6. The van der Waals surface area contributed by atoms with Crippen molar-refractivity contribution < 1.29 is 23.8 Å². The Morgan fingerprint density at radius 1 is 1.00 bits per heavy atom. The fourth-order valence-electron chi connectivity index (χ4n) is 4.71. The number of nitrogens with zero attached hydrogens (tertiary/aromatic N) is 1. The van der Waals surface area contributed by atoms with E-state index in [9.17, 15) is 9.59 Å². The van der Waals surface area contributed by atoms with Gasteiger partial charge in [0.1, 0.15) is 17.8 Å². The molecule has 1 unspecified atom stereocenters. The third-order valence-corrected chi connectivity index (χ3v) is 6.33. The van der Waals surface area contributed by atoms with Crippen LogP contribution in [0.15, 0.2) is 36.4 Å². The van der Waals surface area contributed by atoms with E-state index < -0.39 is 5.41 Å². The van der Waals surface area contributed by atoms with Crippen LogP contribution in [-0.4, -0.2) is 45.0 Å². The molecule has 0 saturated carbocycles. The van der Waals surface area contributed by atoms with Crippen LogP contribution in [0.25, 0.3) is 0 Å². The summed E-state index contributed by atoms with van der Waals surface area (Å²) in [6.07, 6.45) is 3.16. The maximum Gasteiger partial charge on any atom is 0.314 e. The average Bonchev–Trinajstić information content (AvgIpc) is 3.48. The first-order valence-corrected chi connectivity index (χ1v) is 11.1. The first-order chi connectivity index (χ1) is 15.6. The number of carbonyl (C=O) groups excluding carboxylic acids is 2. The lowest BCUT2D eigenvalue weighted by atomic mass is 9.77. The molecule has 5 rings (SSSR count). The van der Waals surface area contributed by atoms with Gasteiger partial charge in [0, 0.05) is 37.0 Å². The van der Waals surface area contributed by atoms with Gasteiger partial charge < -0.3 is 29.7 Å². The van der Waals surface area contributed by atoms with Gasteiger partial charge in [-0.15, -0.1) is 0 Å². The summed E-state index contributed by atoms with van der Waals surface area (Å²) in [5.41, 5.74) is 1.63. The van der Waals surface area contributed by atoms with E-state index in [0.717, 1.165) is 36.1 Å². The number of amides is 3. The fourth-order valence-corrected chi connectivity index (χ4v) is 4.71. The van der Waals surface area contributed by atoms with Crippen LogP contribution < -0.4 is 29.7 Å². The molecule has 0 radical (unpaired) electrons. The molecule has 8 nitrogen and oxygen atoms in total. The zero-order chi connectivity index (χ0) is 22.1. The molecular weight excluding hydrogens is 410 g/mol. The van der Waals surface area contributed by atoms with Crippen LogP contribution in [-0.2, 0) is 10.2 Å². The van der Waals surface area contributed by atoms with Crippen molar-refractivity contribution in [3.8, 4) is 17.2 Å².